The average molecular weight is 630 g/mol. The summed E-state index contributed by atoms with van der Waals surface area (Å²) in [6.45, 7) is 12.9. The quantitative estimate of drug-likeness (QED) is 0.224. The number of carbonyl (C=O) groups excluding carboxylic acids is 4. The van der Waals surface area contributed by atoms with Crippen LogP contribution >= 0.6 is 11.6 Å². The maximum Gasteiger partial charge on any atom is 0.312 e. The van der Waals surface area contributed by atoms with Gasteiger partial charge in [-0.05, 0) is 56.4 Å². The Morgan fingerprint density at radius 1 is 1.25 bits per heavy atom. The van der Waals surface area contributed by atoms with Gasteiger partial charge in [-0.2, -0.15) is 0 Å². The van der Waals surface area contributed by atoms with Gasteiger partial charge >= 0.3 is 5.97 Å². The molecule has 11 heteroatoms. The zero-order chi connectivity index (χ0) is 32.2. The van der Waals surface area contributed by atoms with Crippen LogP contribution in [-0.2, 0) is 28.7 Å². The van der Waals surface area contributed by atoms with Crippen LogP contribution in [-0.4, -0.2) is 83.3 Å². The number of allylic oxidation sites excluding steroid dienone is 1. The topological polar surface area (TPSA) is 125 Å². The van der Waals surface area contributed by atoms with Gasteiger partial charge in [0, 0.05) is 23.7 Å². The van der Waals surface area contributed by atoms with Gasteiger partial charge in [0.05, 0.1) is 37.1 Å². The van der Waals surface area contributed by atoms with Gasteiger partial charge in [-0.15, -0.1) is 13.2 Å². The summed E-state index contributed by atoms with van der Waals surface area (Å²) >= 11 is 6.12. The molecular weight excluding hydrogens is 586 g/mol. The molecule has 0 saturated carbocycles. The second kappa shape index (κ2) is 14.3. The van der Waals surface area contributed by atoms with E-state index in [1.54, 1.807) is 43.3 Å². The standard InChI is InChI=1S/C33H44ClN3O7/c1-6-9-10-26(39)35-18-21(5)43-32(42)27-25-15-16-33(44-25)28(27)30(40)37(24(19-38)20(4)8-3)29(33)31(41)36(17-7-2)23-13-11-22(34)12-14-23/h6-7,11-14,20-21,24-25,27-29,38H,1-2,8-10,15-19H2,3-5H3,(H,35,39)/t20-,21-,24-,25-,27+,28+,29-,33+/m0/s1. The summed E-state index contributed by atoms with van der Waals surface area (Å²) in [5.41, 5.74) is -0.694. The van der Waals surface area contributed by atoms with E-state index in [1.807, 2.05) is 13.8 Å². The first kappa shape index (κ1) is 33.7. The van der Waals surface area contributed by atoms with Crippen molar-refractivity contribution in [3.8, 4) is 0 Å². The fraction of sp³-hybridized carbons (Fsp3) is 0.576. The van der Waals surface area contributed by atoms with Crippen molar-refractivity contribution >= 4 is 41.0 Å². The molecule has 3 amide bonds. The second-order valence-corrected chi connectivity index (χ2v) is 12.5. The molecule has 2 bridgehead atoms. The number of nitrogens with one attached hydrogen (secondary N) is 1. The number of ether oxygens (including phenoxy) is 2. The maximum absolute atomic E-state index is 14.6. The largest absolute Gasteiger partial charge is 0.460 e. The number of aliphatic hydroxyl groups is 1. The van der Waals surface area contributed by atoms with Crippen molar-refractivity contribution in [1.29, 1.82) is 0 Å². The number of aliphatic hydroxyl groups excluding tert-OH is 1. The van der Waals surface area contributed by atoms with Crippen LogP contribution in [0, 0.1) is 17.8 Å². The molecule has 0 unspecified atom stereocenters. The van der Waals surface area contributed by atoms with Crippen LogP contribution in [0.15, 0.2) is 49.6 Å². The summed E-state index contributed by atoms with van der Waals surface area (Å²) in [6.07, 6.45) is 4.38. The minimum atomic E-state index is -1.27. The highest BCUT2D eigenvalue weighted by molar-refractivity contribution is 6.30. The number of nitrogens with zero attached hydrogens (tertiary/aromatic N) is 2. The highest BCUT2D eigenvalue weighted by atomic mass is 35.5. The van der Waals surface area contributed by atoms with E-state index >= 15 is 0 Å². The minimum absolute atomic E-state index is 0.120. The lowest BCUT2D eigenvalue weighted by atomic mass is 9.70. The van der Waals surface area contributed by atoms with Gasteiger partial charge in [0.15, 0.2) is 0 Å². The van der Waals surface area contributed by atoms with Crippen molar-refractivity contribution in [1.82, 2.24) is 10.2 Å². The van der Waals surface area contributed by atoms with Crippen molar-refractivity contribution in [2.24, 2.45) is 17.8 Å². The van der Waals surface area contributed by atoms with E-state index in [1.165, 1.54) is 9.80 Å². The molecule has 0 aliphatic carbocycles. The molecule has 3 aliphatic rings. The first-order chi connectivity index (χ1) is 21.0. The van der Waals surface area contributed by atoms with Crippen LogP contribution in [0.4, 0.5) is 5.69 Å². The molecule has 3 fully saturated rings. The molecule has 1 spiro atoms. The van der Waals surface area contributed by atoms with Crippen molar-refractivity contribution < 1.29 is 33.8 Å². The first-order valence-electron chi connectivity index (χ1n) is 15.4. The van der Waals surface area contributed by atoms with Crippen LogP contribution in [0.2, 0.25) is 5.02 Å². The van der Waals surface area contributed by atoms with Crippen LogP contribution < -0.4 is 10.2 Å². The summed E-state index contributed by atoms with van der Waals surface area (Å²) in [5, 5.41) is 13.8. The second-order valence-electron chi connectivity index (χ2n) is 12.0. The van der Waals surface area contributed by atoms with Gasteiger partial charge in [-0.1, -0.05) is 44.0 Å². The van der Waals surface area contributed by atoms with E-state index in [9.17, 15) is 24.3 Å². The molecule has 3 aliphatic heterocycles. The number of likely N-dealkylation sites (tertiary alicyclic amines) is 1. The highest BCUT2D eigenvalue weighted by Gasteiger charge is 2.76. The first-order valence-corrected chi connectivity index (χ1v) is 15.8. The third kappa shape index (κ3) is 6.30. The average Bonchev–Trinajstić information content (AvgIpc) is 3.66. The number of esters is 1. The fourth-order valence-electron chi connectivity index (χ4n) is 6.93. The monoisotopic (exact) mass is 629 g/mol. The molecule has 1 aromatic rings. The molecule has 44 heavy (non-hydrogen) atoms. The Balaban J connectivity index is 1.67. The summed E-state index contributed by atoms with van der Waals surface area (Å²) in [7, 11) is 0. The van der Waals surface area contributed by atoms with E-state index in [0.29, 0.717) is 36.4 Å². The lowest BCUT2D eigenvalue weighted by Gasteiger charge is -2.40. The van der Waals surface area contributed by atoms with Gasteiger partial charge in [-0.25, -0.2) is 0 Å². The molecular formula is C33H44ClN3O7. The zero-order valence-corrected chi connectivity index (χ0v) is 26.5. The van der Waals surface area contributed by atoms with Gasteiger partial charge in [0.2, 0.25) is 11.8 Å². The number of fused-ring (bicyclic) bond motifs is 1. The number of benzene rings is 1. The Morgan fingerprint density at radius 3 is 2.57 bits per heavy atom. The molecule has 4 rings (SSSR count). The van der Waals surface area contributed by atoms with E-state index in [4.69, 9.17) is 21.1 Å². The van der Waals surface area contributed by atoms with Crippen LogP contribution in [0.3, 0.4) is 0 Å². The fourth-order valence-corrected chi connectivity index (χ4v) is 7.05. The number of hydrogen-bond acceptors (Lipinski definition) is 7. The molecule has 3 heterocycles. The number of rotatable bonds is 15. The molecule has 8 atom stereocenters. The van der Waals surface area contributed by atoms with Crippen molar-refractivity contribution in [3.63, 3.8) is 0 Å². The van der Waals surface area contributed by atoms with E-state index in [2.05, 4.69) is 18.5 Å². The minimum Gasteiger partial charge on any atom is -0.460 e. The van der Waals surface area contributed by atoms with Crippen molar-refractivity contribution in [2.45, 2.75) is 82.8 Å². The molecule has 3 saturated heterocycles. The van der Waals surface area contributed by atoms with Gasteiger partial charge in [0.25, 0.3) is 5.91 Å². The number of anilines is 1. The SMILES string of the molecule is C=CCCC(=O)NC[C@H](C)OC(=O)[C@@H]1[C@@H]2CC[C@]3(O2)[C@H](C(=O)N(CC=C)c2ccc(Cl)cc2)N([C@@H](CO)[C@@H](C)CC)C(=O)[C@@H]13. The van der Waals surface area contributed by atoms with Crippen LogP contribution in [0.25, 0.3) is 0 Å². The Labute approximate surface area is 264 Å². The van der Waals surface area contributed by atoms with Crippen LogP contribution in [0.1, 0.15) is 52.9 Å². The smallest absolute Gasteiger partial charge is 0.312 e. The summed E-state index contributed by atoms with van der Waals surface area (Å²) in [5.74, 6) is -3.56. The summed E-state index contributed by atoms with van der Waals surface area (Å²) in [4.78, 5) is 57.8. The predicted octanol–water partition coefficient (Wildman–Crippen LogP) is 3.65. The molecule has 10 nitrogen and oxygen atoms in total. The Morgan fingerprint density at radius 2 is 1.95 bits per heavy atom. The summed E-state index contributed by atoms with van der Waals surface area (Å²) < 4.78 is 12.3. The number of hydrogen-bond donors (Lipinski definition) is 2. The van der Waals surface area contributed by atoms with Gasteiger partial charge in [-0.3, -0.25) is 19.2 Å². The lowest BCUT2D eigenvalue weighted by Crippen LogP contribution is -2.60. The van der Waals surface area contributed by atoms with E-state index < -0.39 is 53.6 Å². The molecule has 1 aromatic carbocycles. The maximum atomic E-state index is 14.6. The predicted molar refractivity (Wildman–Crippen MR) is 167 cm³/mol. The van der Waals surface area contributed by atoms with Crippen molar-refractivity contribution in [3.05, 3.63) is 54.6 Å². The Kier molecular flexibility index (Phi) is 10.9. The number of amides is 3. The van der Waals surface area contributed by atoms with E-state index in [-0.39, 0.29) is 43.8 Å². The Hall–Kier alpha value is -3.21. The number of halogens is 1. The lowest BCUT2D eigenvalue weighted by molar-refractivity contribution is -0.160. The normalized spacial score (nSPS) is 27.3. The molecule has 0 aromatic heterocycles. The van der Waals surface area contributed by atoms with Gasteiger partial charge < -0.3 is 29.7 Å². The molecule has 2 N–H and O–H groups in total. The third-order valence-corrected chi connectivity index (χ3v) is 9.54. The summed E-state index contributed by atoms with van der Waals surface area (Å²) in [6, 6.07) is 5.07. The molecule has 0 radical (unpaired) electrons. The molecule has 240 valence electrons. The van der Waals surface area contributed by atoms with Crippen molar-refractivity contribution in [2.75, 3.05) is 24.6 Å². The Bertz CT molecular complexity index is 1260. The van der Waals surface area contributed by atoms with Gasteiger partial charge in [0.1, 0.15) is 17.7 Å². The highest BCUT2D eigenvalue weighted by Crippen LogP contribution is 2.59. The van der Waals surface area contributed by atoms with Crippen LogP contribution in [0.5, 0.6) is 0 Å². The van der Waals surface area contributed by atoms with E-state index in [0.717, 1.165) is 0 Å². The third-order valence-electron chi connectivity index (χ3n) is 9.28. The zero-order valence-electron chi connectivity index (χ0n) is 25.7. The number of carbonyl (C=O) groups is 4.